The van der Waals surface area contributed by atoms with E-state index in [2.05, 4.69) is 9.88 Å². The SMILES string of the molecule is COc1cc2c(cc1F)c1c(n2CC(C)NC(=O)OC(C)(C)C)CCC1. The molecule has 142 valence electrons. The van der Waals surface area contributed by atoms with Gasteiger partial charge >= 0.3 is 6.09 Å². The number of hydrogen-bond donors (Lipinski definition) is 1. The van der Waals surface area contributed by atoms with Crippen molar-refractivity contribution in [3.05, 3.63) is 29.2 Å². The zero-order valence-electron chi connectivity index (χ0n) is 16.1. The van der Waals surface area contributed by atoms with Crippen LogP contribution in [0.5, 0.6) is 5.75 Å². The molecule has 2 aromatic rings. The number of fused-ring (bicyclic) bond motifs is 3. The lowest BCUT2D eigenvalue weighted by molar-refractivity contribution is 0.0504. The number of carbonyl (C=O) groups excluding carboxylic acids is 1. The molecule has 26 heavy (non-hydrogen) atoms. The molecule has 0 fully saturated rings. The molecule has 5 nitrogen and oxygen atoms in total. The summed E-state index contributed by atoms with van der Waals surface area (Å²) in [4.78, 5) is 12.0. The van der Waals surface area contributed by atoms with Gasteiger partial charge in [-0.25, -0.2) is 9.18 Å². The normalized spacial score (nSPS) is 15.0. The first-order chi connectivity index (χ1) is 12.2. The molecule has 0 radical (unpaired) electrons. The van der Waals surface area contributed by atoms with E-state index in [1.54, 1.807) is 12.1 Å². The number of nitrogens with zero attached hydrogens (tertiary/aromatic N) is 1. The summed E-state index contributed by atoms with van der Waals surface area (Å²) >= 11 is 0. The molecule has 1 heterocycles. The van der Waals surface area contributed by atoms with Gasteiger partial charge in [0.15, 0.2) is 11.6 Å². The third-order valence-corrected chi connectivity index (χ3v) is 4.62. The van der Waals surface area contributed by atoms with Crippen molar-refractivity contribution in [1.29, 1.82) is 0 Å². The number of ether oxygens (including phenoxy) is 2. The Morgan fingerprint density at radius 3 is 2.73 bits per heavy atom. The first-order valence-corrected chi connectivity index (χ1v) is 9.06. The minimum atomic E-state index is -0.532. The molecular formula is C20H27FN2O3. The number of alkyl carbamates (subject to hydrolysis) is 1. The van der Waals surface area contributed by atoms with Crippen molar-refractivity contribution in [3.63, 3.8) is 0 Å². The van der Waals surface area contributed by atoms with E-state index < -0.39 is 11.7 Å². The van der Waals surface area contributed by atoms with E-state index in [4.69, 9.17) is 9.47 Å². The van der Waals surface area contributed by atoms with Gasteiger partial charge in [0.1, 0.15) is 5.60 Å². The number of hydrogen-bond acceptors (Lipinski definition) is 3. The summed E-state index contributed by atoms with van der Waals surface area (Å²) in [6.45, 7) is 8.05. The lowest BCUT2D eigenvalue weighted by Crippen LogP contribution is -2.39. The molecule has 3 rings (SSSR count). The Hall–Kier alpha value is -2.24. The van der Waals surface area contributed by atoms with Crippen LogP contribution >= 0.6 is 0 Å². The number of aryl methyl sites for hydroxylation is 1. The molecule has 1 aromatic carbocycles. The van der Waals surface area contributed by atoms with Gasteiger partial charge in [-0.15, -0.1) is 0 Å². The molecule has 0 bridgehead atoms. The van der Waals surface area contributed by atoms with Crippen molar-refractivity contribution in [2.75, 3.05) is 7.11 Å². The van der Waals surface area contributed by atoms with Crippen LogP contribution in [0.25, 0.3) is 10.9 Å². The van der Waals surface area contributed by atoms with Gasteiger partial charge in [-0.3, -0.25) is 0 Å². The fourth-order valence-electron chi connectivity index (χ4n) is 3.66. The van der Waals surface area contributed by atoms with E-state index in [0.29, 0.717) is 6.54 Å². The standard InChI is InChI=1S/C20H27FN2O3/c1-12(22-19(24)26-20(2,3)4)11-23-16-8-6-7-13(16)14-9-15(21)18(25-5)10-17(14)23/h9-10,12H,6-8,11H2,1-5H3,(H,22,24). The monoisotopic (exact) mass is 362 g/mol. The Morgan fingerprint density at radius 2 is 2.08 bits per heavy atom. The minimum absolute atomic E-state index is 0.124. The average molecular weight is 362 g/mol. The van der Waals surface area contributed by atoms with Crippen LogP contribution in [0.1, 0.15) is 45.4 Å². The third kappa shape index (κ3) is 3.64. The van der Waals surface area contributed by atoms with E-state index in [0.717, 1.165) is 30.2 Å². The van der Waals surface area contributed by atoms with Gasteiger partial charge in [0.2, 0.25) is 0 Å². The molecular weight excluding hydrogens is 335 g/mol. The highest BCUT2D eigenvalue weighted by Gasteiger charge is 2.25. The maximum absolute atomic E-state index is 14.2. The number of methoxy groups -OCH3 is 1. The van der Waals surface area contributed by atoms with Crippen LogP contribution in [-0.4, -0.2) is 29.4 Å². The number of aromatic nitrogens is 1. The molecule has 1 aliphatic carbocycles. The molecule has 1 amide bonds. The zero-order chi connectivity index (χ0) is 19.1. The third-order valence-electron chi connectivity index (χ3n) is 4.62. The lowest BCUT2D eigenvalue weighted by Gasteiger charge is -2.23. The minimum Gasteiger partial charge on any atom is -0.494 e. The van der Waals surface area contributed by atoms with Gasteiger partial charge in [-0.2, -0.15) is 0 Å². The van der Waals surface area contributed by atoms with Gasteiger partial charge in [0.25, 0.3) is 0 Å². The van der Waals surface area contributed by atoms with Crippen LogP contribution in [0.15, 0.2) is 12.1 Å². The van der Waals surface area contributed by atoms with E-state index >= 15 is 0 Å². The van der Waals surface area contributed by atoms with Gasteiger partial charge in [0, 0.05) is 29.7 Å². The van der Waals surface area contributed by atoms with Crippen molar-refractivity contribution >= 4 is 17.0 Å². The summed E-state index contributed by atoms with van der Waals surface area (Å²) in [6, 6.07) is 3.20. The zero-order valence-corrected chi connectivity index (χ0v) is 16.1. The Morgan fingerprint density at radius 1 is 1.35 bits per heavy atom. The van der Waals surface area contributed by atoms with E-state index in [1.165, 1.54) is 18.4 Å². The Labute approximate surface area is 153 Å². The summed E-state index contributed by atoms with van der Waals surface area (Å²) < 4.78 is 26.9. The second-order valence-corrected chi connectivity index (χ2v) is 7.94. The maximum Gasteiger partial charge on any atom is 0.407 e. The molecule has 1 atom stereocenters. The van der Waals surface area contributed by atoms with Gasteiger partial charge in [-0.1, -0.05) is 0 Å². The Balaban J connectivity index is 1.89. The first-order valence-electron chi connectivity index (χ1n) is 9.06. The summed E-state index contributed by atoms with van der Waals surface area (Å²) in [5.41, 5.74) is 2.86. The Bertz CT molecular complexity index is 836. The smallest absolute Gasteiger partial charge is 0.407 e. The molecule has 6 heteroatoms. The van der Waals surface area contributed by atoms with Crippen molar-refractivity contribution < 1.29 is 18.7 Å². The fraction of sp³-hybridized carbons (Fsp3) is 0.550. The van der Waals surface area contributed by atoms with E-state index in [1.807, 2.05) is 27.7 Å². The molecule has 1 unspecified atom stereocenters. The van der Waals surface area contributed by atoms with E-state index in [-0.39, 0.29) is 17.6 Å². The molecule has 1 aliphatic rings. The molecule has 0 saturated carbocycles. The molecule has 1 N–H and O–H groups in total. The fourth-order valence-corrected chi connectivity index (χ4v) is 3.66. The summed E-state index contributed by atoms with van der Waals surface area (Å²) in [7, 11) is 1.47. The molecule has 0 spiro atoms. The van der Waals surface area contributed by atoms with Gasteiger partial charge < -0.3 is 19.4 Å². The van der Waals surface area contributed by atoms with Crippen LogP contribution < -0.4 is 10.1 Å². The number of amides is 1. The highest BCUT2D eigenvalue weighted by Crippen LogP contribution is 2.36. The topological polar surface area (TPSA) is 52.5 Å². The van der Waals surface area contributed by atoms with Crippen molar-refractivity contribution in [2.24, 2.45) is 0 Å². The van der Waals surface area contributed by atoms with Crippen LogP contribution in [0, 0.1) is 5.82 Å². The van der Waals surface area contributed by atoms with Crippen LogP contribution in [0.2, 0.25) is 0 Å². The highest BCUT2D eigenvalue weighted by atomic mass is 19.1. The lowest BCUT2D eigenvalue weighted by atomic mass is 10.1. The summed E-state index contributed by atoms with van der Waals surface area (Å²) in [6.07, 6.45) is 2.56. The number of halogens is 1. The van der Waals surface area contributed by atoms with Gasteiger partial charge in [-0.05, 0) is 58.6 Å². The first kappa shape index (κ1) is 18.5. The van der Waals surface area contributed by atoms with Crippen LogP contribution in [0.3, 0.4) is 0 Å². The van der Waals surface area contributed by atoms with Crippen molar-refractivity contribution in [1.82, 2.24) is 9.88 Å². The van der Waals surface area contributed by atoms with Gasteiger partial charge in [0.05, 0.1) is 12.6 Å². The average Bonchev–Trinajstić information content (AvgIpc) is 3.08. The number of rotatable bonds is 4. The predicted octanol–water partition coefficient (Wildman–Crippen LogP) is 4.19. The highest BCUT2D eigenvalue weighted by molar-refractivity contribution is 5.87. The van der Waals surface area contributed by atoms with Crippen LogP contribution in [-0.2, 0) is 24.1 Å². The second-order valence-electron chi connectivity index (χ2n) is 7.94. The molecule has 1 aromatic heterocycles. The molecule has 0 aliphatic heterocycles. The summed E-state index contributed by atoms with van der Waals surface area (Å²) in [5.74, 6) is -0.102. The molecule has 0 saturated heterocycles. The second kappa shape index (κ2) is 6.82. The number of carbonyl (C=O) groups is 1. The quantitative estimate of drug-likeness (QED) is 0.887. The summed E-state index contributed by atoms with van der Waals surface area (Å²) in [5, 5.41) is 3.83. The van der Waals surface area contributed by atoms with Crippen molar-refractivity contribution in [3.8, 4) is 5.75 Å². The number of benzene rings is 1. The predicted molar refractivity (Wildman–Crippen MR) is 99.3 cm³/mol. The van der Waals surface area contributed by atoms with Crippen molar-refractivity contribution in [2.45, 2.75) is 65.1 Å². The number of nitrogens with one attached hydrogen (secondary N) is 1. The Kier molecular flexibility index (Phi) is 4.86. The van der Waals surface area contributed by atoms with E-state index in [9.17, 15) is 9.18 Å². The largest absolute Gasteiger partial charge is 0.494 e. The van der Waals surface area contributed by atoms with Crippen LogP contribution in [0.4, 0.5) is 9.18 Å². The maximum atomic E-state index is 14.2.